The van der Waals surface area contributed by atoms with Crippen molar-refractivity contribution in [2.45, 2.75) is 386 Å². The van der Waals surface area contributed by atoms with Gasteiger partial charge in [0.25, 0.3) is 0 Å². The van der Waals surface area contributed by atoms with Crippen LogP contribution >= 0.6 is 0 Å². The van der Waals surface area contributed by atoms with Crippen LogP contribution in [0.15, 0.2) is 24.3 Å². The van der Waals surface area contributed by atoms with Gasteiger partial charge >= 0.3 is 5.97 Å². The predicted octanol–water partition coefficient (Wildman–Crippen LogP) is 21.4. The average Bonchev–Trinajstić information content (AvgIpc) is 3.40. The molecule has 6 heteroatoms. The smallest absolute Gasteiger partial charge is 0.305 e. The Morgan fingerprint density at radius 1 is 0.365 bits per heavy atom. The lowest BCUT2D eigenvalue weighted by atomic mass is 10.0. The van der Waals surface area contributed by atoms with Gasteiger partial charge in [0.15, 0.2) is 0 Å². The number of hydrogen-bond donors (Lipinski definition) is 3. The fraction of sp³-hybridized carbons (Fsp3) is 0.912. The first-order valence-corrected chi connectivity index (χ1v) is 33.6. The zero-order valence-electron chi connectivity index (χ0n) is 50.1. The van der Waals surface area contributed by atoms with Crippen molar-refractivity contribution < 1.29 is 24.5 Å². The van der Waals surface area contributed by atoms with E-state index in [1.165, 1.54) is 308 Å². The van der Waals surface area contributed by atoms with Gasteiger partial charge in [0.2, 0.25) is 5.91 Å². The van der Waals surface area contributed by atoms with E-state index in [1.54, 1.807) is 6.08 Å². The minimum atomic E-state index is -0.841. The van der Waals surface area contributed by atoms with Gasteiger partial charge in [-0.05, 0) is 57.8 Å². The Balaban J connectivity index is 3.32. The molecular weight excluding hydrogens is 911 g/mol. The summed E-state index contributed by atoms with van der Waals surface area (Å²) < 4.78 is 5.51. The molecule has 0 bridgehead atoms. The molecule has 0 fully saturated rings. The maximum atomic E-state index is 12.4. The number of amides is 1. The number of hydrogen-bond acceptors (Lipinski definition) is 5. The number of rotatable bonds is 63. The van der Waals surface area contributed by atoms with E-state index >= 15 is 0 Å². The minimum Gasteiger partial charge on any atom is -0.466 e. The van der Waals surface area contributed by atoms with Crippen LogP contribution in [-0.4, -0.2) is 47.4 Å². The number of aliphatic hydroxyl groups is 2. The number of allylic oxidation sites excluding steroid dienone is 3. The normalized spacial score (nSPS) is 12.6. The summed E-state index contributed by atoms with van der Waals surface area (Å²) in [5, 5.41) is 23.0. The third-order valence-corrected chi connectivity index (χ3v) is 15.7. The number of aliphatic hydroxyl groups excluding tert-OH is 2. The monoisotopic (exact) mass is 1040 g/mol. The van der Waals surface area contributed by atoms with E-state index < -0.39 is 12.1 Å². The molecule has 74 heavy (non-hydrogen) atoms. The van der Waals surface area contributed by atoms with Crippen LogP contribution in [0.5, 0.6) is 0 Å². The molecule has 6 nitrogen and oxygen atoms in total. The van der Waals surface area contributed by atoms with E-state index in [0.29, 0.717) is 19.4 Å². The summed E-state index contributed by atoms with van der Waals surface area (Å²) >= 11 is 0. The topological polar surface area (TPSA) is 95.9 Å². The van der Waals surface area contributed by atoms with E-state index in [4.69, 9.17) is 4.74 Å². The molecule has 0 aliphatic heterocycles. The second-order valence-corrected chi connectivity index (χ2v) is 23.2. The van der Waals surface area contributed by atoms with E-state index in [0.717, 1.165) is 38.5 Å². The second kappa shape index (κ2) is 63.9. The second-order valence-electron chi connectivity index (χ2n) is 23.2. The quantitative estimate of drug-likeness (QED) is 0.0320. The Kier molecular flexibility index (Phi) is 62.4. The van der Waals surface area contributed by atoms with Gasteiger partial charge in [0, 0.05) is 12.8 Å². The van der Waals surface area contributed by atoms with Gasteiger partial charge in [-0.2, -0.15) is 0 Å². The zero-order valence-corrected chi connectivity index (χ0v) is 50.1. The number of unbranched alkanes of at least 4 members (excludes halogenated alkanes) is 50. The van der Waals surface area contributed by atoms with Crippen LogP contribution in [0.4, 0.5) is 0 Å². The Bertz CT molecular complexity index is 1150. The molecule has 0 aromatic rings. The summed E-state index contributed by atoms with van der Waals surface area (Å²) in [5.74, 6) is -0.0474. The van der Waals surface area contributed by atoms with Crippen LogP contribution in [0.25, 0.3) is 0 Å². The van der Waals surface area contributed by atoms with Gasteiger partial charge in [0.05, 0.1) is 25.4 Å². The van der Waals surface area contributed by atoms with Gasteiger partial charge in [0.1, 0.15) is 0 Å². The molecular formula is C68H131NO5. The number of carbonyl (C=O) groups is 2. The lowest BCUT2D eigenvalue weighted by molar-refractivity contribution is -0.143. The fourth-order valence-corrected chi connectivity index (χ4v) is 10.6. The van der Waals surface area contributed by atoms with Gasteiger partial charge < -0.3 is 20.3 Å². The number of ether oxygens (including phenoxy) is 1. The molecule has 0 heterocycles. The van der Waals surface area contributed by atoms with Crippen molar-refractivity contribution in [3.8, 4) is 0 Å². The molecule has 0 saturated carbocycles. The first kappa shape index (κ1) is 72.3. The largest absolute Gasteiger partial charge is 0.466 e. The number of nitrogens with one attached hydrogen (secondary N) is 1. The van der Waals surface area contributed by atoms with Crippen molar-refractivity contribution in [1.29, 1.82) is 0 Å². The lowest BCUT2D eigenvalue weighted by Crippen LogP contribution is -2.45. The summed E-state index contributed by atoms with van der Waals surface area (Å²) in [7, 11) is 0. The van der Waals surface area contributed by atoms with Crippen LogP contribution in [-0.2, 0) is 14.3 Å². The highest BCUT2D eigenvalue weighted by Gasteiger charge is 2.18. The Labute approximate surface area is 462 Å². The van der Waals surface area contributed by atoms with E-state index in [2.05, 4.69) is 31.3 Å². The lowest BCUT2D eigenvalue weighted by Gasteiger charge is -2.20. The van der Waals surface area contributed by atoms with Crippen molar-refractivity contribution in [1.82, 2.24) is 5.32 Å². The van der Waals surface area contributed by atoms with Crippen LogP contribution in [0.2, 0.25) is 0 Å². The molecule has 2 unspecified atom stereocenters. The summed E-state index contributed by atoms with van der Waals surface area (Å²) in [6.07, 6.45) is 79.7. The van der Waals surface area contributed by atoms with Crippen LogP contribution < -0.4 is 5.32 Å². The third-order valence-electron chi connectivity index (χ3n) is 15.7. The molecule has 0 spiro atoms. The molecule has 1 amide bonds. The van der Waals surface area contributed by atoms with E-state index in [9.17, 15) is 19.8 Å². The first-order valence-electron chi connectivity index (χ1n) is 33.6. The SMILES string of the molecule is CCCCCCCC/C=C\CCCCCCCCCCCC(=O)OCCCCCCCCCCCCCCCCCCCCCCCCCCCCCC(=O)NC(CO)C(O)/C=C/CCCCCCCCCCC. The highest BCUT2D eigenvalue weighted by molar-refractivity contribution is 5.76. The van der Waals surface area contributed by atoms with Crippen LogP contribution in [0.1, 0.15) is 373 Å². The Morgan fingerprint density at radius 2 is 0.635 bits per heavy atom. The molecule has 2 atom stereocenters. The zero-order chi connectivity index (χ0) is 53.6. The van der Waals surface area contributed by atoms with Gasteiger partial charge in [-0.15, -0.1) is 0 Å². The van der Waals surface area contributed by atoms with E-state index in [1.807, 2.05) is 6.08 Å². The number of carbonyl (C=O) groups excluding carboxylic acids is 2. The van der Waals surface area contributed by atoms with Gasteiger partial charge in [-0.3, -0.25) is 9.59 Å². The molecule has 0 aromatic heterocycles. The van der Waals surface area contributed by atoms with Crippen molar-refractivity contribution in [2.75, 3.05) is 13.2 Å². The van der Waals surface area contributed by atoms with Crippen LogP contribution in [0.3, 0.4) is 0 Å². The molecule has 0 aromatic carbocycles. The highest BCUT2D eigenvalue weighted by Crippen LogP contribution is 2.18. The van der Waals surface area contributed by atoms with Gasteiger partial charge in [-0.25, -0.2) is 0 Å². The summed E-state index contributed by atoms with van der Waals surface area (Å²) in [6, 6.07) is -0.624. The number of esters is 1. The first-order chi connectivity index (χ1) is 36.5. The van der Waals surface area contributed by atoms with Gasteiger partial charge in [-0.1, -0.05) is 327 Å². The molecule has 0 radical (unpaired) electrons. The maximum Gasteiger partial charge on any atom is 0.305 e. The molecule has 3 N–H and O–H groups in total. The Morgan fingerprint density at radius 3 is 0.959 bits per heavy atom. The standard InChI is InChI=1S/C68H131NO5/c1-3-5-7-9-11-13-15-16-17-18-28-32-35-38-42-46-50-54-58-62-68(73)74-63-59-55-51-47-43-39-36-33-30-27-25-23-21-19-20-22-24-26-29-31-34-37-41-45-49-53-57-61-67(72)69-65(64-70)66(71)60-56-52-48-44-40-14-12-10-8-6-4-2/h16-17,56,60,65-66,70-71H,3-15,18-55,57-59,61-64H2,1-2H3,(H,69,72)/b17-16-,60-56+. The Hall–Kier alpha value is -1.66. The van der Waals surface area contributed by atoms with Crippen molar-refractivity contribution >= 4 is 11.9 Å². The molecule has 0 aliphatic carbocycles. The predicted molar refractivity (Wildman–Crippen MR) is 324 cm³/mol. The third kappa shape index (κ3) is 59.6. The summed E-state index contributed by atoms with van der Waals surface area (Å²) in [6.45, 7) is 4.91. The van der Waals surface area contributed by atoms with E-state index in [-0.39, 0.29) is 18.5 Å². The molecule has 438 valence electrons. The van der Waals surface area contributed by atoms with Crippen molar-refractivity contribution in [3.05, 3.63) is 24.3 Å². The average molecular weight is 1040 g/mol. The molecule has 0 saturated heterocycles. The van der Waals surface area contributed by atoms with Crippen LogP contribution in [0, 0.1) is 0 Å². The maximum absolute atomic E-state index is 12.4. The molecule has 0 rings (SSSR count). The van der Waals surface area contributed by atoms with Crippen molar-refractivity contribution in [3.63, 3.8) is 0 Å². The summed E-state index contributed by atoms with van der Waals surface area (Å²) in [4.78, 5) is 24.5. The molecule has 0 aliphatic rings. The minimum absolute atomic E-state index is 0.0177. The fourth-order valence-electron chi connectivity index (χ4n) is 10.6. The van der Waals surface area contributed by atoms with Crippen molar-refractivity contribution in [2.24, 2.45) is 0 Å². The highest BCUT2D eigenvalue weighted by atomic mass is 16.5. The summed E-state index contributed by atoms with van der Waals surface area (Å²) in [5.41, 5.74) is 0.